The summed E-state index contributed by atoms with van der Waals surface area (Å²) in [5.74, 6) is 0. The molecule has 0 rings (SSSR count). The van der Waals surface area contributed by atoms with Crippen molar-refractivity contribution in [3.8, 4) is 0 Å². The average Bonchev–Trinajstić information content (AvgIpc) is 2.23. The van der Waals surface area contributed by atoms with E-state index in [2.05, 4.69) is 10.0 Å². The van der Waals surface area contributed by atoms with E-state index in [1.165, 1.54) is 7.11 Å². The molecule has 1 atom stereocenters. The lowest BCUT2D eigenvalue weighted by molar-refractivity contribution is 0.199. The third-order valence-corrected chi connectivity index (χ3v) is 3.82. The summed E-state index contributed by atoms with van der Waals surface area (Å²) in [7, 11) is -0.155. The minimum atomic E-state index is -3.26. The van der Waals surface area contributed by atoms with Crippen molar-refractivity contribution >= 4 is 22.4 Å². The van der Waals surface area contributed by atoms with Gasteiger partial charge in [0.05, 0.1) is 18.5 Å². The second-order valence-electron chi connectivity index (χ2n) is 3.45. The number of rotatable bonds is 10. The maximum Gasteiger partial charge on any atom is 0.216 e. The van der Waals surface area contributed by atoms with Crippen LogP contribution in [0.4, 0.5) is 0 Å². The van der Waals surface area contributed by atoms with E-state index >= 15 is 0 Å². The van der Waals surface area contributed by atoms with Crippen molar-refractivity contribution in [3.05, 3.63) is 0 Å². The highest BCUT2D eigenvalue weighted by atomic mass is 35.5. The molecule has 1 unspecified atom stereocenters. The predicted octanol–water partition coefficient (Wildman–Crippen LogP) is -0.401. The molecular weight excluding hydrogens is 268 g/mol. The molecule has 2 N–H and O–H groups in total. The Balaban J connectivity index is 0. The van der Waals surface area contributed by atoms with Gasteiger partial charge in [0.25, 0.3) is 0 Å². The van der Waals surface area contributed by atoms with Crippen LogP contribution in [-0.4, -0.2) is 60.7 Å². The van der Waals surface area contributed by atoms with Gasteiger partial charge in [-0.2, -0.15) is 0 Å². The molecule has 0 aromatic carbocycles. The minimum Gasteiger partial charge on any atom is -0.383 e. The Hall–Kier alpha value is 0.0800. The summed E-state index contributed by atoms with van der Waals surface area (Å²) in [5.41, 5.74) is 0. The van der Waals surface area contributed by atoms with E-state index in [0.29, 0.717) is 26.2 Å². The summed E-state index contributed by atoms with van der Waals surface area (Å²) in [5, 5.41) is 2.52. The summed E-state index contributed by atoms with van der Waals surface area (Å²) in [6.07, 6.45) is 0. The topological polar surface area (TPSA) is 76.7 Å². The van der Waals surface area contributed by atoms with Gasteiger partial charge in [0, 0.05) is 33.9 Å². The summed E-state index contributed by atoms with van der Waals surface area (Å²) < 4.78 is 35.3. The molecule has 0 heterocycles. The third kappa shape index (κ3) is 9.75. The molecule has 0 bridgehead atoms. The fourth-order valence-corrected chi connectivity index (χ4v) is 2.03. The van der Waals surface area contributed by atoms with Crippen molar-refractivity contribution in [2.75, 3.05) is 47.1 Å². The Labute approximate surface area is 110 Å². The lowest BCUT2D eigenvalue weighted by Gasteiger charge is -2.13. The second kappa shape index (κ2) is 11.2. The first-order chi connectivity index (χ1) is 7.54. The van der Waals surface area contributed by atoms with E-state index < -0.39 is 15.3 Å². The smallest absolute Gasteiger partial charge is 0.216 e. The SMILES string of the molecule is COCCNCCNS(=O)(=O)C(C)COC.Cl. The van der Waals surface area contributed by atoms with Gasteiger partial charge in [-0.1, -0.05) is 0 Å². The molecule has 0 aliphatic heterocycles. The van der Waals surface area contributed by atoms with Crippen LogP contribution in [0.25, 0.3) is 0 Å². The molecule has 0 radical (unpaired) electrons. The van der Waals surface area contributed by atoms with Gasteiger partial charge in [-0.15, -0.1) is 12.4 Å². The van der Waals surface area contributed by atoms with Crippen molar-refractivity contribution < 1.29 is 17.9 Å². The van der Waals surface area contributed by atoms with E-state index in [4.69, 9.17) is 9.47 Å². The maximum absolute atomic E-state index is 11.6. The molecular formula is C9H23ClN2O4S. The number of methoxy groups -OCH3 is 2. The highest BCUT2D eigenvalue weighted by molar-refractivity contribution is 7.90. The normalized spacial score (nSPS) is 13.1. The summed E-state index contributed by atoms with van der Waals surface area (Å²) in [6.45, 7) is 4.11. The van der Waals surface area contributed by atoms with Crippen molar-refractivity contribution in [2.24, 2.45) is 0 Å². The van der Waals surface area contributed by atoms with Crippen molar-refractivity contribution in [3.63, 3.8) is 0 Å². The summed E-state index contributed by atoms with van der Waals surface area (Å²) in [6, 6.07) is 0. The van der Waals surface area contributed by atoms with Crippen LogP contribution in [0.5, 0.6) is 0 Å². The molecule has 17 heavy (non-hydrogen) atoms. The Morgan fingerprint density at radius 3 is 2.29 bits per heavy atom. The largest absolute Gasteiger partial charge is 0.383 e. The molecule has 0 aromatic rings. The highest BCUT2D eigenvalue weighted by Crippen LogP contribution is 1.97. The molecule has 106 valence electrons. The van der Waals surface area contributed by atoms with Crippen LogP contribution < -0.4 is 10.0 Å². The van der Waals surface area contributed by atoms with Crippen molar-refractivity contribution in [2.45, 2.75) is 12.2 Å². The molecule has 0 aliphatic carbocycles. The molecule has 0 spiro atoms. The van der Waals surface area contributed by atoms with Crippen molar-refractivity contribution in [1.29, 1.82) is 0 Å². The van der Waals surface area contributed by atoms with Gasteiger partial charge < -0.3 is 14.8 Å². The monoisotopic (exact) mass is 290 g/mol. The van der Waals surface area contributed by atoms with Crippen LogP contribution in [0.1, 0.15) is 6.92 Å². The van der Waals surface area contributed by atoms with E-state index in [0.717, 1.165) is 0 Å². The van der Waals surface area contributed by atoms with Crippen LogP contribution >= 0.6 is 12.4 Å². The van der Waals surface area contributed by atoms with Gasteiger partial charge in [-0.05, 0) is 6.92 Å². The Kier molecular flexibility index (Phi) is 12.8. The van der Waals surface area contributed by atoms with E-state index in [-0.39, 0.29) is 19.0 Å². The van der Waals surface area contributed by atoms with Crippen LogP contribution in [0, 0.1) is 0 Å². The lowest BCUT2D eigenvalue weighted by Crippen LogP contribution is -2.39. The third-order valence-electron chi connectivity index (χ3n) is 2.02. The average molecular weight is 291 g/mol. The second-order valence-corrected chi connectivity index (χ2v) is 5.63. The van der Waals surface area contributed by atoms with Gasteiger partial charge in [0.15, 0.2) is 0 Å². The molecule has 0 aromatic heterocycles. The van der Waals surface area contributed by atoms with Gasteiger partial charge in [-0.25, -0.2) is 13.1 Å². The van der Waals surface area contributed by atoms with Gasteiger partial charge >= 0.3 is 0 Å². The number of hydrogen-bond acceptors (Lipinski definition) is 5. The quantitative estimate of drug-likeness (QED) is 0.535. The fraction of sp³-hybridized carbons (Fsp3) is 1.00. The first-order valence-corrected chi connectivity index (χ1v) is 6.76. The van der Waals surface area contributed by atoms with Gasteiger partial charge in [0.2, 0.25) is 10.0 Å². The highest BCUT2D eigenvalue weighted by Gasteiger charge is 2.19. The molecule has 0 amide bonds. The molecule has 0 fully saturated rings. The first kappa shape index (κ1) is 19.4. The van der Waals surface area contributed by atoms with Crippen LogP contribution in [0.3, 0.4) is 0 Å². The van der Waals surface area contributed by atoms with Crippen LogP contribution in [0.2, 0.25) is 0 Å². The lowest BCUT2D eigenvalue weighted by atomic mass is 10.5. The van der Waals surface area contributed by atoms with Crippen LogP contribution in [0.15, 0.2) is 0 Å². The molecule has 0 saturated heterocycles. The van der Waals surface area contributed by atoms with Gasteiger partial charge in [0.1, 0.15) is 0 Å². The molecule has 0 saturated carbocycles. The fourth-order valence-electron chi connectivity index (χ4n) is 1.05. The number of sulfonamides is 1. The van der Waals surface area contributed by atoms with E-state index in [1.807, 2.05) is 0 Å². The molecule has 0 aliphatic rings. The zero-order valence-electron chi connectivity index (χ0n) is 10.6. The van der Waals surface area contributed by atoms with Crippen LogP contribution in [-0.2, 0) is 19.5 Å². The number of nitrogens with one attached hydrogen (secondary N) is 2. The first-order valence-electron chi connectivity index (χ1n) is 5.21. The number of hydrogen-bond donors (Lipinski definition) is 2. The van der Waals surface area contributed by atoms with E-state index in [1.54, 1.807) is 14.0 Å². The summed E-state index contributed by atoms with van der Waals surface area (Å²) >= 11 is 0. The Morgan fingerprint density at radius 2 is 1.76 bits per heavy atom. The Bertz CT molecular complexity index is 262. The number of halogens is 1. The Morgan fingerprint density at radius 1 is 1.12 bits per heavy atom. The minimum absolute atomic E-state index is 0. The zero-order chi connectivity index (χ0) is 12.4. The zero-order valence-corrected chi connectivity index (χ0v) is 12.2. The summed E-state index contributed by atoms with van der Waals surface area (Å²) in [4.78, 5) is 0. The molecule has 8 heteroatoms. The van der Waals surface area contributed by atoms with E-state index in [9.17, 15) is 8.42 Å². The standard InChI is InChI=1S/C9H22N2O4S.ClH/c1-9(8-15-3)16(12,13)11-5-4-10-6-7-14-2;/h9-11H,4-8H2,1-3H3;1H. The maximum atomic E-state index is 11.6. The molecule has 6 nitrogen and oxygen atoms in total. The predicted molar refractivity (Wildman–Crippen MR) is 70.3 cm³/mol. The van der Waals surface area contributed by atoms with Gasteiger partial charge in [-0.3, -0.25) is 0 Å². The van der Waals surface area contributed by atoms with Crippen molar-refractivity contribution in [1.82, 2.24) is 10.0 Å². The number of ether oxygens (including phenoxy) is 2.